The fourth-order valence-electron chi connectivity index (χ4n) is 2.22. The van der Waals surface area contributed by atoms with Crippen LogP contribution in [0.5, 0.6) is 0 Å². The van der Waals surface area contributed by atoms with E-state index < -0.39 is 4.92 Å². The SMILES string of the molecule is CNC1CCN(c2cccc(N)c2[N+](=O)[O-])C1. The van der Waals surface area contributed by atoms with Crippen molar-refractivity contribution in [2.45, 2.75) is 12.5 Å². The van der Waals surface area contributed by atoms with E-state index >= 15 is 0 Å². The molecule has 0 bridgehead atoms. The maximum Gasteiger partial charge on any atom is 0.315 e. The third-order valence-corrected chi connectivity index (χ3v) is 3.17. The number of nitrogen functional groups attached to an aromatic ring is 1. The van der Waals surface area contributed by atoms with E-state index in [0.29, 0.717) is 11.7 Å². The van der Waals surface area contributed by atoms with E-state index in [2.05, 4.69) is 5.32 Å². The Labute approximate surface area is 99.6 Å². The summed E-state index contributed by atoms with van der Waals surface area (Å²) >= 11 is 0. The van der Waals surface area contributed by atoms with Crippen LogP contribution in [0.25, 0.3) is 0 Å². The van der Waals surface area contributed by atoms with Crippen LogP contribution in [0.2, 0.25) is 0 Å². The maximum absolute atomic E-state index is 11.0. The highest BCUT2D eigenvalue weighted by Gasteiger charge is 2.28. The van der Waals surface area contributed by atoms with Gasteiger partial charge in [-0.3, -0.25) is 10.1 Å². The molecule has 6 nitrogen and oxygen atoms in total. The summed E-state index contributed by atoms with van der Waals surface area (Å²) in [6.07, 6.45) is 0.989. The first kappa shape index (κ1) is 11.7. The molecule has 0 saturated carbocycles. The lowest BCUT2D eigenvalue weighted by Gasteiger charge is -2.18. The molecule has 1 aromatic rings. The highest BCUT2D eigenvalue weighted by atomic mass is 16.6. The number of anilines is 2. The van der Waals surface area contributed by atoms with Crippen LogP contribution in [0.4, 0.5) is 17.1 Å². The fraction of sp³-hybridized carbons (Fsp3) is 0.455. The Morgan fingerprint density at radius 2 is 2.35 bits per heavy atom. The Kier molecular flexibility index (Phi) is 3.14. The van der Waals surface area contributed by atoms with Crippen LogP contribution in [-0.2, 0) is 0 Å². The average Bonchev–Trinajstić information content (AvgIpc) is 2.76. The third-order valence-electron chi connectivity index (χ3n) is 3.17. The van der Waals surface area contributed by atoms with Crippen molar-refractivity contribution in [3.63, 3.8) is 0 Å². The van der Waals surface area contributed by atoms with Gasteiger partial charge in [-0.25, -0.2) is 0 Å². The Morgan fingerprint density at radius 1 is 1.59 bits per heavy atom. The Hall–Kier alpha value is -1.82. The van der Waals surface area contributed by atoms with Gasteiger partial charge in [0.05, 0.1) is 4.92 Å². The number of hydrogen-bond donors (Lipinski definition) is 2. The number of nitro groups is 1. The summed E-state index contributed by atoms with van der Waals surface area (Å²) in [5.74, 6) is 0. The Balaban J connectivity index is 2.33. The largest absolute Gasteiger partial charge is 0.393 e. The van der Waals surface area contributed by atoms with Gasteiger partial charge >= 0.3 is 5.69 Å². The third kappa shape index (κ3) is 2.16. The van der Waals surface area contributed by atoms with E-state index in [9.17, 15) is 10.1 Å². The second-order valence-corrected chi connectivity index (χ2v) is 4.19. The van der Waals surface area contributed by atoms with Crippen LogP contribution in [0.3, 0.4) is 0 Å². The van der Waals surface area contributed by atoms with Crippen LogP contribution < -0.4 is 16.0 Å². The predicted octanol–water partition coefficient (Wildman–Crippen LogP) is 0.975. The van der Waals surface area contributed by atoms with Crippen LogP contribution >= 0.6 is 0 Å². The summed E-state index contributed by atoms with van der Waals surface area (Å²) in [6.45, 7) is 1.59. The van der Waals surface area contributed by atoms with Gasteiger partial charge in [-0.1, -0.05) is 6.07 Å². The van der Waals surface area contributed by atoms with Gasteiger partial charge in [0.1, 0.15) is 11.4 Å². The van der Waals surface area contributed by atoms with Gasteiger partial charge in [0.15, 0.2) is 0 Å². The van der Waals surface area contributed by atoms with Crippen LogP contribution in [0.1, 0.15) is 6.42 Å². The Morgan fingerprint density at radius 3 is 2.94 bits per heavy atom. The summed E-state index contributed by atoms with van der Waals surface area (Å²) in [5, 5.41) is 14.2. The summed E-state index contributed by atoms with van der Waals surface area (Å²) < 4.78 is 0. The van der Waals surface area contributed by atoms with Crippen molar-refractivity contribution in [3.8, 4) is 0 Å². The number of nitrogens with two attached hydrogens (primary N) is 1. The van der Waals surface area contributed by atoms with Crippen LogP contribution in [-0.4, -0.2) is 31.1 Å². The molecule has 1 aliphatic heterocycles. The van der Waals surface area contributed by atoms with Gasteiger partial charge in [-0.05, 0) is 25.6 Å². The molecule has 2 rings (SSSR count). The lowest BCUT2D eigenvalue weighted by molar-refractivity contribution is -0.383. The smallest absolute Gasteiger partial charge is 0.315 e. The molecule has 3 N–H and O–H groups in total. The minimum atomic E-state index is -0.405. The lowest BCUT2D eigenvalue weighted by atomic mass is 10.2. The zero-order valence-corrected chi connectivity index (χ0v) is 9.72. The number of nitrogens with one attached hydrogen (secondary N) is 1. The molecule has 1 heterocycles. The van der Waals surface area contributed by atoms with E-state index in [-0.39, 0.29) is 11.4 Å². The monoisotopic (exact) mass is 236 g/mol. The number of para-hydroxylation sites is 1. The highest BCUT2D eigenvalue weighted by Crippen LogP contribution is 2.35. The van der Waals surface area contributed by atoms with E-state index in [0.717, 1.165) is 19.5 Å². The minimum absolute atomic E-state index is 0.0178. The van der Waals surface area contributed by atoms with Gasteiger partial charge in [0.25, 0.3) is 0 Å². The molecule has 1 aliphatic rings. The van der Waals surface area contributed by atoms with Gasteiger partial charge in [0.2, 0.25) is 0 Å². The van der Waals surface area contributed by atoms with Gasteiger partial charge in [0, 0.05) is 19.1 Å². The molecule has 6 heteroatoms. The maximum atomic E-state index is 11.0. The molecule has 1 fully saturated rings. The minimum Gasteiger partial charge on any atom is -0.393 e. The fourth-order valence-corrected chi connectivity index (χ4v) is 2.22. The predicted molar refractivity (Wildman–Crippen MR) is 67.2 cm³/mol. The topological polar surface area (TPSA) is 84.4 Å². The molecule has 1 saturated heterocycles. The first-order valence-corrected chi connectivity index (χ1v) is 5.58. The second kappa shape index (κ2) is 4.58. The zero-order valence-electron chi connectivity index (χ0n) is 9.72. The number of benzene rings is 1. The van der Waals surface area contributed by atoms with Gasteiger partial charge in [-0.15, -0.1) is 0 Å². The summed E-state index contributed by atoms with van der Waals surface area (Å²) in [5.41, 5.74) is 6.53. The number of rotatable bonds is 3. The molecule has 0 spiro atoms. The summed E-state index contributed by atoms with van der Waals surface area (Å²) in [7, 11) is 1.90. The van der Waals surface area contributed by atoms with Gasteiger partial charge in [-0.2, -0.15) is 0 Å². The first-order valence-electron chi connectivity index (χ1n) is 5.58. The molecule has 92 valence electrons. The van der Waals surface area contributed by atoms with Crippen molar-refractivity contribution in [1.82, 2.24) is 5.32 Å². The van der Waals surface area contributed by atoms with Crippen molar-refractivity contribution in [2.75, 3.05) is 30.8 Å². The molecule has 0 amide bonds. The molecular formula is C11H16N4O2. The normalized spacial score (nSPS) is 19.6. The molecule has 0 aromatic heterocycles. The second-order valence-electron chi connectivity index (χ2n) is 4.19. The molecule has 1 aromatic carbocycles. The molecule has 17 heavy (non-hydrogen) atoms. The van der Waals surface area contributed by atoms with E-state index in [1.54, 1.807) is 18.2 Å². The first-order chi connectivity index (χ1) is 8.13. The van der Waals surface area contributed by atoms with E-state index in [1.807, 2.05) is 11.9 Å². The van der Waals surface area contributed by atoms with E-state index in [1.165, 1.54) is 0 Å². The molecule has 0 radical (unpaired) electrons. The molecule has 1 unspecified atom stereocenters. The van der Waals surface area contributed by atoms with Crippen LogP contribution in [0, 0.1) is 10.1 Å². The molecule has 0 aliphatic carbocycles. The summed E-state index contributed by atoms with van der Waals surface area (Å²) in [4.78, 5) is 12.6. The van der Waals surface area contributed by atoms with Crippen LogP contribution in [0.15, 0.2) is 18.2 Å². The van der Waals surface area contributed by atoms with Gasteiger partial charge < -0.3 is 16.0 Å². The lowest BCUT2D eigenvalue weighted by Crippen LogP contribution is -2.29. The number of likely N-dealkylation sites (N-methyl/N-ethyl adjacent to an activating group) is 1. The number of hydrogen-bond acceptors (Lipinski definition) is 5. The number of nitrogens with zero attached hydrogens (tertiary/aromatic N) is 2. The zero-order chi connectivity index (χ0) is 12.4. The summed E-state index contributed by atoms with van der Waals surface area (Å²) in [6, 6.07) is 5.46. The molecular weight excluding hydrogens is 220 g/mol. The van der Waals surface area contributed by atoms with E-state index in [4.69, 9.17) is 5.73 Å². The Bertz CT molecular complexity index is 435. The highest BCUT2D eigenvalue weighted by molar-refractivity contribution is 5.75. The van der Waals surface area contributed by atoms with Crippen molar-refractivity contribution >= 4 is 17.1 Å². The van der Waals surface area contributed by atoms with Crippen molar-refractivity contribution in [3.05, 3.63) is 28.3 Å². The van der Waals surface area contributed by atoms with Crippen molar-refractivity contribution in [1.29, 1.82) is 0 Å². The molecule has 1 atom stereocenters. The quantitative estimate of drug-likeness (QED) is 0.464. The average molecular weight is 236 g/mol. The van der Waals surface area contributed by atoms with Crippen molar-refractivity contribution in [2.24, 2.45) is 0 Å². The standard InChI is InChI=1S/C11H16N4O2/c1-13-8-5-6-14(7-8)10-4-2-3-9(12)11(10)15(16)17/h2-4,8,13H,5-7,12H2,1H3. The number of nitro benzene ring substituents is 1. The van der Waals surface area contributed by atoms with Crippen molar-refractivity contribution < 1.29 is 4.92 Å².